The van der Waals surface area contributed by atoms with Crippen LogP contribution in [-0.4, -0.2) is 29.5 Å². The standard InChI is InChI=1S/C15H19FN4O2S/c16-12-8-4-3-7-11(12)14(22)17-9-13(21)19-20-15(23)18-10-5-1-2-6-10/h3-4,7-8,10H,1-2,5-6,9H2,(H,17,22)(H,19,21)(H2,18,20,23). The Hall–Kier alpha value is -2.22. The number of thiocarbonyl (C=S) groups is 1. The summed E-state index contributed by atoms with van der Waals surface area (Å²) in [5, 5.41) is 5.78. The van der Waals surface area contributed by atoms with E-state index in [4.69, 9.17) is 12.2 Å². The summed E-state index contributed by atoms with van der Waals surface area (Å²) in [6, 6.07) is 5.91. The van der Waals surface area contributed by atoms with Crippen LogP contribution < -0.4 is 21.5 Å². The van der Waals surface area contributed by atoms with Gasteiger partial charge in [-0.3, -0.25) is 20.4 Å². The number of hydrogen-bond donors (Lipinski definition) is 4. The Kier molecular flexibility index (Phi) is 6.28. The van der Waals surface area contributed by atoms with Crippen molar-refractivity contribution < 1.29 is 14.0 Å². The molecular formula is C15H19FN4O2S. The number of carbonyl (C=O) groups is 2. The quantitative estimate of drug-likeness (QED) is 0.486. The van der Waals surface area contributed by atoms with Gasteiger partial charge in [0, 0.05) is 6.04 Å². The van der Waals surface area contributed by atoms with Crippen molar-refractivity contribution in [1.82, 2.24) is 21.5 Å². The van der Waals surface area contributed by atoms with Crippen LogP contribution in [0.15, 0.2) is 24.3 Å². The first-order chi connectivity index (χ1) is 11.1. The molecule has 0 aromatic heterocycles. The molecule has 8 heteroatoms. The lowest BCUT2D eigenvalue weighted by atomic mass is 10.2. The largest absolute Gasteiger partial charge is 0.359 e. The maximum atomic E-state index is 13.4. The molecule has 0 bridgehead atoms. The predicted molar refractivity (Wildman–Crippen MR) is 88.0 cm³/mol. The van der Waals surface area contributed by atoms with Crippen LogP contribution in [0.1, 0.15) is 36.0 Å². The Morgan fingerprint density at radius 3 is 2.57 bits per heavy atom. The van der Waals surface area contributed by atoms with E-state index < -0.39 is 17.6 Å². The zero-order chi connectivity index (χ0) is 16.7. The van der Waals surface area contributed by atoms with Crippen molar-refractivity contribution in [2.24, 2.45) is 0 Å². The third-order valence-electron chi connectivity index (χ3n) is 3.53. The maximum Gasteiger partial charge on any atom is 0.257 e. The second-order valence-corrected chi connectivity index (χ2v) is 5.70. The summed E-state index contributed by atoms with van der Waals surface area (Å²) < 4.78 is 13.4. The van der Waals surface area contributed by atoms with E-state index in [2.05, 4.69) is 21.5 Å². The fourth-order valence-electron chi connectivity index (χ4n) is 2.36. The lowest BCUT2D eigenvalue weighted by Crippen LogP contribution is -2.51. The normalized spacial score (nSPS) is 14.1. The third kappa shape index (κ3) is 5.48. The van der Waals surface area contributed by atoms with Crippen LogP contribution >= 0.6 is 12.2 Å². The van der Waals surface area contributed by atoms with E-state index >= 15 is 0 Å². The highest BCUT2D eigenvalue weighted by atomic mass is 32.1. The maximum absolute atomic E-state index is 13.4. The van der Waals surface area contributed by atoms with Gasteiger partial charge in [0.15, 0.2) is 5.11 Å². The van der Waals surface area contributed by atoms with Gasteiger partial charge in [-0.15, -0.1) is 0 Å². The number of halogens is 1. The van der Waals surface area contributed by atoms with Gasteiger partial charge in [0.1, 0.15) is 5.82 Å². The number of carbonyl (C=O) groups excluding carboxylic acids is 2. The number of hydrazine groups is 1. The molecule has 2 rings (SSSR count). The molecule has 1 aliphatic carbocycles. The summed E-state index contributed by atoms with van der Waals surface area (Å²) in [6.07, 6.45) is 4.48. The SMILES string of the molecule is O=C(CNC(=O)c1ccccc1F)NNC(=S)NC1CCCC1. The van der Waals surface area contributed by atoms with Crippen molar-refractivity contribution in [1.29, 1.82) is 0 Å². The highest BCUT2D eigenvalue weighted by Gasteiger charge is 2.16. The highest BCUT2D eigenvalue weighted by molar-refractivity contribution is 7.80. The van der Waals surface area contributed by atoms with Crippen LogP contribution in [0, 0.1) is 5.82 Å². The first-order valence-corrected chi connectivity index (χ1v) is 7.85. The third-order valence-corrected chi connectivity index (χ3v) is 3.75. The fourth-order valence-corrected chi connectivity index (χ4v) is 2.58. The first kappa shape index (κ1) is 17.1. The molecule has 0 atom stereocenters. The zero-order valence-corrected chi connectivity index (χ0v) is 13.3. The lowest BCUT2D eigenvalue weighted by molar-refractivity contribution is -0.120. The number of rotatable bonds is 4. The molecule has 0 radical (unpaired) electrons. The summed E-state index contributed by atoms with van der Waals surface area (Å²) in [4.78, 5) is 23.4. The average Bonchev–Trinajstić information content (AvgIpc) is 3.04. The minimum atomic E-state index is -0.648. The monoisotopic (exact) mass is 338 g/mol. The molecule has 23 heavy (non-hydrogen) atoms. The molecule has 0 saturated heterocycles. The molecule has 124 valence electrons. The van der Waals surface area contributed by atoms with E-state index in [1.54, 1.807) is 6.07 Å². The van der Waals surface area contributed by atoms with E-state index in [1.165, 1.54) is 31.0 Å². The van der Waals surface area contributed by atoms with Gasteiger partial charge in [0.05, 0.1) is 12.1 Å². The van der Waals surface area contributed by atoms with Gasteiger partial charge in [-0.05, 0) is 37.2 Å². The average molecular weight is 338 g/mol. The van der Waals surface area contributed by atoms with Gasteiger partial charge in [0.25, 0.3) is 11.8 Å². The minimum absolute atomic E-state index is 0.105. The molecule has 0 unspecified atom stereocenters. The Bertz CT molecular complexity index is 591. The molecule has 0 spiro atoms. The Morgan fingerprint density at radius 2 is 1.87 bits per heavy atom. The molecular weight excluding hydrogens is 319 g/mol. The predicted octanol–water partition coefficient (Wildman–Crippen LogP) is 0.993. The van der Waals surface area contributed by atoms with Crippen LogP contribution in [0.3, 0.4) is 0 Å². The van der Waals surface area contributed by atoms with Gasteiger partial charge in [-0.2, -0.15) is 0 Å². The summed E-state index contributed by atoms with van der Waals surface area (Å²) in [5.41, 5.74) is 4.85. The van der Waals surface area contributed by atoms with E-state index in [9.17, 15) is 14.0 Å². The number of nitrogens with one attached hydrogen (secondary N) is 4. The van der Waals surface area contributed by atoms with Crippen LogP contribution in [0.25, 0.3) is 0 Å². The smallest absolute Gasteiger partial charge is 0.257 e. The van der Waals surface area contributed by atoms with Gasteiger partial charge >= 0.3 is 0 Å². The summed E-state index contributed by atoms with van der Waals surface area (Å²) in [6.45, 7) is -0.286. The number of hydrogen-bond acceptors (Lipinski definition) is 3. The Balaban J connectivity index is 1.67. The van der Waals surface area contributed by atoms with E-state index in [-0.39, 0.29) is 12.1 Å². The molecule has 4 N–H and O–H groups in total. The molecule has 6 nitrogen and oxygen atoms in total. The van der Waals surface area contributed by atoms with Crippen molar-refractivity contribution in [3.8, 4) is 0 Å². The van der Waals surface area contributed by atoms with Crippen molar-refractivity contribution in [3.05, 3.63) is 35.6 Å². The minimum Gasteiger partial charge on any atom is -0.359 e. The van der Waals surface area contributed by atoms with Crippen molar-refractivity contribution in [3.63, 3.8) is 0 Å². The van der Waals surface area contributed by atoms with Gasteiger partial charge in [0.2, 0.25) is 0 Å². The summed E-state index contributed by atoms with van der Waals surface area (Å²) in [7, 11) is 0. The fraction of sp³-hybridized carbons (Fsp3) is 0.400. The summed E-state index contributed by atoms with van der Waals surface area (Å²) >= 11 is 5.06. The Morgan fingerprint density at radius 1 is 1.17 bits per heavy atom. The Labute approximate surface area is 139 Å². The number of benzene rings is 1. The second kappa shape index (κ2) is 8.42. The topological polar surface area (TPSA) is 82.3 Å². The molecule has 1 aromatic rings. The zero-order valence-electron chi connectivity index (χ0n) is 12.5. The molecule has 1 aliphatic rings. The molecule has 1 fully saturated rings. The first-order valence-electron chi connectivity index (χ1n) is 7.44. The van der Waals surface area contributed by atoms with E-state index in [0.717, 1.165) is 12.8 Å². The van der Waals surface area contributed by atoms with Crippen LogP contribution in [0.4, 0.5) is 4.39 Å². The molecule has 2 amide bonds. The number of amides is 2. The van der Waals surface area contributed by atoms with Crippen LogP contribution in [0.2, 0.25) is 0 Å². The van der Waals surface area contributed by atoms with Gasteiger partial charge in [-0.1, -0.05) is 25.0 Å². The van der Waals surface area contributed by atoms with Gasteiger partial charge in [-0.25, -0.2) is 4.39 Å². The molecule has 1 saturated carbocycles. The molecule has 1 aromatic carbocycles. The van der Waals surface area contributed by atoms with Crippen molar-refractivity contribution in [2.45, 2.75) is 31.7 Å². The lowest BCUT2D eigenvalue weighted by Gasteiger charge is -2.16. The highest BCUT2D eigenvalue weighted by Crippen LogP contribution is 2.17. The molecule has 0 aliphatic heterocycles. The van der Waals surface area contributed by atoms with Crippen LogP contribution in [-0.2, 0) is 4.79 Å². The van der Waals surface area contributed by atoms with E-state index in [0.29, 0.717) is 11.2 Å². The van der Waals surface area contributed by atoms with Crippen molar-refractivity contribution >= 4 is 29.1 Å². The van der Waals surface area contributed by atoms with Crippen molar-refractivity contribution in [2.75, 3.05) is 6.54 Å². The van der Waals surface area contributed by atoms with Crippen LogP contribution in [0.5, 0.6) is 0 Å². The van der Waals surface area contributed by atoms with E-state index in [1.807, 2.05) is 0 Å². The van der Waals surface area contributed by atoms with Gasteiger partial charge < -0.3 is 10.6 Å². The second-order valence-electron chi connectivity index (χ2n) is 5.29. The summed E-state index contributed by atoms with van der Waals surface area (Å²) in [5.74, 6) is -1.76. The molecule has 0 heterocycles.